The van der Waals surface area contributed by atoms with Crippen LogP contribution in [-0.4, -0.2) is 46.0 Å². The number of benzene rings is 2. The van der Waals surface area contributed by atoms with E-state index in [9.17, 15) is 24.0 Å². The molecule has 0 aliphatic heterocycles. The van der Waals surface area contributed by atoms with Gasteiger partial charge in [0.15, 0.2) is 0 Å². The Bertz CT molecular complexity index is 1620. The second kappa shape index (κ2) is 13.8. The van der Waals surface area contributed by atoms with Gasteiger partial charge in [0.1, 0.15) is 17.4 Å². The van der Waals surface area contributed by atoms with Crippen molar-refractivity contribution in [3.8, 4) is 0 Å². The summed E-state index contributed by atoms with van der Waals surface area (Å²) in [5.74, 6) is 0.371. The fourth-order valence-electron chi connectivity index (χ4n) is 8.57. The summed E-state index contributed by atoms with van der Waals surface area (Å²) in [4.78, 5) is 69.1. The third-order valence-electron chi connectivity index (χ3n) is 10.6. The quantitative estimate of drug-likeness (QED) is 0.181. The smallest absolute Gasteiger partial charge is 0.408 e. The first-order valence-corrected chi connectivity index (χ1v) is 17.0. The summed E-state index contributed by atoms with van der Waals surface area (Å²) >= 11 is 0. The van der Waals surface area contributed by atoms with Gasteiger partial charge in [0.05, 0.1) is 6.04 Å². The molecule has 47 heavy (non-hydrogen) atoms. The molecule has 0 spiro atoms. The van der Waals surface area contributed by atoms with Crippen LogP contribution < -0.4 is 10.6 Å². The number of ether oxygens (including phenoxy) is 1. The lowest BCUT2D eigenvalue weighted by Crippen LogP contribution is -2.58. The van der Waals surface area contributed by atoms with Crippen LogP contribution in [0.3, 0.4) is 0 Å². The number of carbonyl (C=O) groups is 5. The SMILES string of the molecule is CC(=O)CCCC(=O)NC(CC(=O)C(=O)C(C)(Cc1c[nH]c2ccccc12)NC(=O)OC1C2CC3CC(C2)CC1C3)c1ccccc1. The maximum Gasteiger partial charge on any atom is 0.408 e. The van der Waals surface area contributed by atoms with Crippen LogP contribution in [-0.2, 0) is 30.3 Å². The highest BCUT2D eigenvalue weighted by atomic mass is 16.6. The number of aromatic nitrogens is 1. The van der Waals surface area contributed by atoms with Gasteiger partial charge in [-0.05, 0) is 93.2 Å². The molecular weight excluding hydrogens is 594 g/mol. The Morgan fingerprint density at radius 3 is 2.23 bits per heavy atom. The van der Waals surface area contributed by atoms with Gasteiger partial charge in [0.25, 0.3) is 0 Å². The van der Waals surface area contributed by atoms with E-state index in [0.717, 1.165) is 54.0 Å². The van der Waals surface area contributed by atoms with Crippen LogP contribution in [0.1, 0.15) is 88.8 Å². The molecule has 0 saturated heterocycles. The number of ketones is 3. The lowest BCUT2D eigenvalue weighted by atomic mass is 9.55. The first-order chi connectivity index (χ1) is 22.6. The highest BCUT2D eigenvalue weighted by Crippen LogP contribution is 2.54. The number of H-pyrrole nitrogens is 1. The minimum Gasteiger partial charge on any atom is -0.446 e. The van der Waals surface area contributed by atoms with Gasteiger partial charge in [-0.15, -0.1) is 0 Å². The number of alkyl carbamates (subject to hydrolysis) is 1. The molecule has 9 heteroatoms. The van der Waals surface area contributed by atoms with Crippen LogP contribution in [0.25, 0.3) is 10.9 Å². The van der Waals surface area contributed by atoms with Crippen molar-refractivity contribution in [1.82, 2.24) is 15.6 Å². The van der Waals surface area contributed by atoms with Gasteiger partial charge < -0.3 is 25.1 Å². The zero-order chi connectivity index (χ0) is 33.1. The highest BCUT2D eigenvalue weighted by molar-refractivity contribution is 6.41. The maximum atomic E-state index is 14.2. The summed E-state index contributed by atoms with van der Waals surface area (Å²) in [6.07, 6.45) is 7.17. The van der Waals surface area contributed by atoms with E-state index in [-0.39, 0.29) is 43.5 Å². The van der Waals surface area contributed by atoms with E-state index < -0.39 is 29.2 Å². The standard InChI is InChI=1S/C38H45N3O6/c1-23(42)9-8-14-34(44)40-32(26-10-4-3-5-11-26)20-33(43)36(45)38(2,21-29-22-39-31-13-7-6-12-30(29)31)41-37(46)47-35-27-16-24-15-25(18-27)19-28(35)17-24/h3-7,10-13,22,24-25,27-28,32,35,39H,8-9,14-21H2,1-2H3,(H,40,44)(H,41,46). The molecule has 4 bridgehead atoms. The number of fused-ring (bicyclic) bond motifs is 1. The lowest BCUT2D eigenvalue weighted by molar-refractivity contribution is -0.141. The number of para-hydroxylation sites is 1. The van der Waals surface area contributed by atoms with Crippen molar-refractivity contribution in [2.75, 3.05) is 0 Å². The lowest BCUT2D eigenvalue weighted by Gasteiger charge is -2.53. The van der Waals surface area contributed by atoms with E-state index in [2.05, 4.69) is 15.6 Å². The Kier molecular flexibility index (Phi) is 9.62. The number of amides is 2. The van der Waals surface area contributed by atoms with E-state index >= 15 is 0 Å². The van der Waals surface area contributed by atoms with Gasteiger partial charge in [-0.2, -0.15) is 0 Å². The minimum atomic E-state index is -1.60. The number of hydrogen-bond acceptors (Lipinski definition) is 6. The Morgan fingerprint density at radius 1 is 0.894 bits per heavy atom. The van der Waals surface area contributed by atoms with Crippen LogP contribution in [0.2, 0.25) is 0 Å². The molecule has 2 amide bonds. The van der Waals surface area contributed by atoms with Gasteiger partial charge >= 0.3 is 6.09 Å². The van der Waals surface area contributed by atoms with E-state index in [1.807, 2.05) is 30.3 Å². The van der Waals surface area contributed by atoms with Crippen LogP contribution in [0.4, 0.5) is 4.79 Å². The number of carbonyl (C=O) groups excluding carboxylic acids is 5. The summed E-state index contributed by atoms with van der Waals surface area (Å²) in [7, 11) is 0. The Labute approximate surface area is 275 Å². The van der Waals surface area contributed by atoms with Crippen molar-refractivity contribution in [2.24, 2.45) is 23.7 Å². The monoisotopic (exact) mass is 639 g/mol. The fourth-order valence-corrected chi connectivity index (χ4v) is 8.57. The molecule has 7 rings (SSSR count). The van der Waals surface area contributed by atoms with E-state index in [1.165, 1.54) is 13.3 Å². The van der Waals surface area contributed by atoms with Gasteiger partial charge in [0, 0.05) is 42.8 Å². The highest BCUT2D eigenvalue weighted by Gasteiger charge is 2.50. The third kappa shape index (κ3) is 7.50. The predicted molar refractivity (Wildman–Crippen MR) is 177 cm³/mol. The number of rotatable bonds is 14. The average Bonchev–Trinajstić information content (AvgIpc) is 3.44. The predicted octanol–water partition coefficient (Wildman–Crippen LogP) is 6.17. The molecule has 0 radical (unpaired) electrons. The summed E-state index contributed by atoms with van der Waals surface area (Å²) < 4.78 is 6.11. The molecule has 2 atom stereocenters. The average molecular weight is 640 g/mol. The van der Waals surface area contributed by atoms with E-state index in [0.29, 0.717) is 23.8 Å². The van der Waals surface area contributed by atoms with Gasteiger partial charge in [0.2, 0.25) is 17.5 Å². The molecule has 2 aromatic carbocycles. The summed E-state index contributed by atoms with van der Waals surface area (Å²) in [6, 6.07) is 16.0. The van der Waals surface area contributed by atoms with Crippen molar-refractivity contribution in [1.29, 1.82) is 0 Å². The molecule has 4 saturated carbocycles. The van der Waals surface area contributed by atoms with Crippen LogP contribution in [0, 0.1) is 23.7 Å². The van der Waals surface area contributed by atoms with E-state index in [1.54, 1.807) is 37.4 Å². The second-order valence-electron chi connectivity index (χ2n) is 14.3. The molecule has 2 unspecified atom stereocenters. The number of nitrogens with one attached hydrogen (secondary N) is 3. The Morgan fingerprint density at radius 2 is 1.55 bits per heavy atom. The van der Waals surface area contributed by atoms with Gasteiger partial charge in [-0.3, -0.25) is 14.4 Å². The molecule has 9 nitrogen and oxygen atoms in total. The molecule has 1 aromatic heterocycles. The van der Waals surface area contributed by atoms with Crippen LogP contribution in [0.15, 0.2) is 60.8 Å². The Hall–Kier alpha value is -4.27. The topological polar surface area (TPSA) is 134 Å². The van der Waals surface area contributed by atoms with Crippen LogP contribution >= 0.6 is 0 Å². The summed E-state index contributed by atoms with van der Waals surface area (Å²) in [6.45, 7) is 3.07. The molecule has 1 heterocycles. The van der Waals surface area contributed by atoms with Crippen molar-refractivity contribution in [3.05, 3.63) is 71.9 Å². The molecule has 3 aromatic rings. The number of aromatic amines is 1. The molecule has 4 aliphatic carbocycles. The van der Waals surface area contributed by atoms with Crippen molar-refractivity contribution in [3.63, 3.8) is 0 Å². The molecular formula is C38H45N3O6. The summed E-state index contributed by atoms with van der Waals surface area (Å²) in [5.41, 5.74) is 0.757. The molecule has 3 N–H and O–H groups in total. The van der Waals surface area contributed by atoms with Crippen molar-refractivity contribution >= 4 is 40.3 Å². The zero-order valence-electron chi connectivity index (χ0n) is 27.3. The molecule has 4 aliphatic rings. The van der Waals surface area contributed by atoms with Gasteiger partial charge in [-0.1, -0.05) is 48.5 Å². The van der Waals surface area contributed by atoms with Gasteiger partial charge in [-0.25, -0.2) is 4.79 Å². The number of hydrogen-bond donors (Lipinski definition) is 3. The molecule has 248 valence electrons. The number of Topliss-reactive ketones (excluding diaryl/α,β-unsaturated/α-hetero) is 3. The second-order valence-corrected chi connectivity index (χ2v) is 14.3. The minimum absolute atomic E-state index is 0.00185. The molecule has 4 fully saturated rings. The van der Waals surface area contributed by atoms with Crippen LogP contribution in [0.5, 0.6) is 0 Å². The third-order valence-corrected chi connectivity index (χ3v) is 10.6. The summed E-state index contributed by atoms with van der Waals surface area (Å²) in [5, 5.41) is 6.66. The van der Waals surface area contributed by atoms with E-state index in [4.69, 9.17) is 4.74 Å². The Balaban J connectivity index is 1.21. The first-order valence-electron chi connectivity index (χ1n) is 17.0. The fraction of sp³-hybridized carbons (Fsp3) is 0.500. The van der Waals surface area contributed by atoms with Crippen molar-refractivity contribution < 1.29 is 28.7 Å². The van der Waals surface area contributed by atoms with Crippen molar-refractivity contribution in [2.45, 2.75) is 95.7 Å². The first kappa shape index (κ1) is 32.7. The maximum absolute atomic E-state index is 14.2. The normalized spacial score (nSPS) is 24.7. The zero-order valence-corrected chi connectivity index (χ0v) is 27.3. The largest absolute Gasteiger partial charge is 0.446 e.